The molecule has 2 aromatic heterocycles. The molecule has 3 N–H and O–H groups in total. The highest BCUT2D eigenvalue weighted by Crippen LogP contribution is 2.41. The number of halogens is 3. The zero-order valence-electron chi connectivity index (χ0n) is 18.5. The fraction of sp³-hybridized carbons (Fsp3) is 0.192. The molecule has 1 saturated heterocycles. The lowest BCUT2D eigenvalue weighted by molar-refractivity contribution is 0.478. The number of hydrogen-bond donors (Lipinski definition) is 2. The highest BCUT2D eigenvalue weighted by atomic mass is 19.1. The summed E-state index contributed by atoms with van der Waals surface area (Å²) in [5.41, 5.74) is 8.51. The minimum absolute atomic E-state index is 0.0502. The van der Waals surface area contributed by atoms with E-state index in [4.69, 9.17) is 17.3 Å². The molecule has 3 heterocycles. The van der Waals surface area contributed by atoms with Crippen LogP contribution in [0.4, 0.5) is 24.5 Å². The van der Waals surface area contributed by atoms with E-state index in [-0.39, 0.29) is 28.7 Å². The van der Waals surface area contributed by atoms with Crippen LogP contribution in [0.1, 0.15) is 12.8 Å². The quantitative estimate of drug-likeness (QED) is 0.379. The van der Waals surface area contributed by atoms with Gasteiger partial charge in [0.15, 0.2) is 0 Å². The van der Waals surface area contributed by atoms with Crippen molar-refractivity contribution in [3.05, 3.63) is 77.5 Å². The SMILES string of the molecule is [C-]#[N+]c1cc(F)cc(-c2ccc3ncc(-c4cc(F)cc(F)c4)c(N4CCC(N)CC4)c3n2)c1O. The van der Waals surface area contributed by atoms with Gasteiger partial charge in [0.05, 0.1) is 23.5 Å². The molecule has 6 nitrogen and oxygen atoms in total. The third kappa shape index (κ3) is 4.24. The van der Waals surface area contributed by atoms with Gasteiger partial charge in [-0.2, -0.15) is 0 Å². The topological polar surface area (TPSA) is 79.6 Å². The fourth-order valence-corrected chi connectivity index (χ4v) is 4.43. The number of aromatic hydroxyl groups is 1. The Hall–Kier alpha value is -4.16. The maximum absolute atomic E-state index is 14.2. The monoisotopic (exact) mass is 475 g/mol. The first-order valence-corrected chi connectivity index (χ1v) is 11.0. The molecule has 0 spiro atoms. The third-order valence-corrected chi connectivity index (χ3v) is 6.17. The molecule has 0 atom stereocenters. The summed E-state index contributed by atoms with van der Waals surface area (Å²) in [6, 6.07) is 8.63. The van der Waals surface area contributed by atoms with Crippen molar-refractivity contribution >= 4 is 22.4 Å². The van der Waals surface area contributed by atoms with Crippen molar-refractivity contribution in [2.24, 2.45) is 5.73 Å². The highest BCUT2D eigenvalue weighted by Gasteiger charge is 2.24. The van der Waals surface area contributed by atoms with Crippen molar-refractivity contribution in [3.63, 3.8) is 0 Å². The van der Waals surface area contributed by atoms with Crippen molar-refractivity contribution in [1.29, 1.82) is 0 Å². The number of aromatic nitrogens is 2. The van der Waals surface area contributed by atoms with Crippen LogP contribution in [0.25, 0.3) is 38.3 Å². The van der Waals surface area contributed by atoms with Gasteiger partial charge < -0.3 is 15.7 Å². The average Bonchev–Trinajstić information content (AvgIpc) is 2.84. The highest BCUT2D eigenvalue weighted by molar-refractivity contribution is 5.98. The van der Waals surface area contributed by atoms with E-state index in [1.54, 1.807) is 18.3 Å². The summed E-state index contributed by atoms with van der Waals surface area (Å²) in [5.74, 6) is -2.50. The molecule has 9 heteroatoms. The number of hydrogen-bond acceptors (Lipinski definition) is 5. The number of fused-ring (bicyclic) bond motifs is 1. The van der Waals surface area contributed by atoms with Gasteiger partial charge in [-0.25, -0.2) is 23.0 Å². The Morgan fingerprint density at radius 3 is 2.34 bits per heavy atom. The van der Waals surface area contributed by atoms with Gasteiger partial charge in [0.1, 0.15) is 28.7 Å². The zero-order valence-corrected chi connectivity index (χ0v) is 18.5. The Morgan fingerprint density at radius 1 is 0.971 bits per heavy atom. The zero-order chi connectivity index (χ0) is 24.7. The normalized spacial score (nSPS) is 14.3. The van der Waals surface area contributed by atoms with Crippen LogP contribution in [0.5, 0.6) is 5.75 Å². The number of pyridine rings is 2. The molecule has 0 bridgehead atoms. The van der Waals surface area contributed by atoms with Crippen molar-refractivity contribution in [1.82, 2.24) is 9.97 Å². The molecule has 0 unspecified atom stereocenters. The van der Waals surface area contributed by atoms with Crippen LogP contribution >= 0.6 is 0 Å². The second-order valence-electron chi connectivity index (χ2n) is 8.50. The molecule has 4 aromatic rings. The molecule has 0 amide bonds. The molecular formula is C26H20F3N5O. The van der Waals surface area contributed by atoms with Gasteiger partial charge in [-0.05, 0) is 54.8 Å². The van der Waals surface area contributed by atoms with Crippen molar-refractivity contribution in [2.75, 3.05) is 18.0 Å². The van der Waals surface area contributed by atoms with Gasteiger partial charge in [-0.1, -0.05) is 0 Å². The van der Waals surface area contributed by atoms with E-state index >= 15 is 0 Å². The lowest BCUT2D eigenvalue weighted by atomic mass is 9.99. The van der Waals surface area contributed by atoms with Crippen molar-refractivity contribution in [2.45, 2.75) is 18.9 Å². The summed E-state index contributed by atoms with van der Waals surface area (Å²) >= 11 is 0. The Morgan fingerprint density at radius 2 is 1.66 bits per heavy atom. The molecule has 35 heavy (non-hydrogen) atoms. The molecule has 0 saturated carbocycles. The molecular weight excluding hydrogens is 455 g/mol. The molecule has 176 valence electrons. The van der Waals surface area contributed by atoms with Crippen LogP contribution in [0.2, 0.25) is 0 Å². The van der Waals surface area contributed by atoms with E-state index in [0.717, 1.165) is 31.0 Å². The second-order valence-corrected chi connectivity index (χ2v) is 8.50. The first-order chi connectivity index (χ1) is 16.8. The van der Waals surface area contributed by atoms with Crippen LogP contribution in [-0.2, 0) is 0 Å². The first kappa shape index (κ1) is 22.6. The number of benzene rings is 2. The number of anilines is 1. The summed E-state index contributed by atoms with van der Waals surface area (Å²) < 4.78 is 42.4. The summed E-state index contributed by atoms with van der Waals surface area (Å²) in [5, 5.41) is 10.5. The van der Waals surface area contributed by atoms with Crippen LogP contribution in [-0.4, -0.2) is 34.2 Å². The summed E-state index contributed by atoms with van der Waals surface area (Å²) in [6.07, 6.45) is 3.00. The van der Waals surface area contributed by atoms with Crippen LogP contribution in [0.3, 0.4) is 0 Å². The lowest BCUT2D eigenvalue weighted by Gasteiger charge is -2.34. The van der Waals surface area contributed by atoms with E-state index in [2.05, 4.69) is 14.7 Å². The average molecular weight is 475 g/mol. The van der Waals surface area contributed by atoms with Crippen molar-refractivity contribution < 1.29 is 18.3 Å². The predicted molar refractivity (Wildman–Crippen MR) is 128 cm³/mol. The fourth-order valence-electron chi connectivity index (χ4n) is 4.43. The summed E-state index contributed by atoms with van der Waals surface area (Å²) in [6.45, 7) is 8.41. The standard InChI is InChI=1S/C26H20F3N5O/c1-31-23-12-17(29)11-19(26(23)35)21-2-3-22-24(33-21)25(34-6-4-18(30)5-7-34)20(13-32-22)14-8-15(27)10-16(28)9-14/h2-3,8-13,18,35H,4-7,30H2. The number of rotatable bonds is 3. The number of nitrogens with two attached hydrogens (primary N) is 1. The van der Waals surface area contributed by atoms with Gasteiger partial charge in [0, 0.05) is 42.5 Å². The molecule has 5 rings (SSSR count). The smallest absolute Gasteiger partial charge is 0.231 e. The number of nitrogens with zero attached hydrogens (tertiary/aromatic N) is 4. The Bertz CT molecular complexity index is 1470. The number of phenolic OH excluding ortho intramolecular Hbond substituents is 1. The lowest BCUT2D eigenvalue weighted by Crippen LogP contribution is -2.40. The predicted octanol–water partition coefficient (Wildman–Crippen LogP) is 5.56. The van der Waals surface area contributed by atoms with Gasteiger partial charge in [0.2, 0.25) is 5.69 Å². The van der Waals surface area contributed by atoms with Gasteiger partial charge in [-0.3, -0.25) is 4.98 Å². The Labute approximate surface area is 199 Å². The van der Waals surface area contributed by atoms with E-state index in [1.165, 1.54) is 12.1 Å². The summed E-state index contributed by atoms with van der Waals surface area (Å²) in [4.78, 5) is 14.4. The molecule has 0 aliphatic carbocycles. The molecule has 2 aromatic carbocycles. The largest absolute Gasteiger partial charge is 0.518 e. The molecule has 1 fully saturated rings. The first-order valence-electron chi connectivity index (χ1n) is 11.0. The minimum Gasteiger partial charge on any atom is -0.518 e. The second kappa shape index (κ2) is 8.89. The maximum Gasteiger partial charge on any atom is 0.231 e. The minimum atomic E-state index is -0.718. The number of piperidine rings is 1. The van der Waals surface area contributed by atoms with Crippen LogP contribution in [0.15, 0.2) is 48.7 Å². The molecule has 1 aliphatic heterocycles. The van der Waals surface area contributed by atoms with E-state index < -0.39 is 17.5 Å². The van der Waals surface area contributed by atoms with E-state index in [0.29, 0.717) is 40.9 Å². The van der Waals surface area contributed by atoms with Gasteiger partial charge >= 0.3 is 0 Å². The summed E-state index contributed by atoms with van der Waals surface area (Å²) in [7, 11) is 0. The van der Waals surface area contributed by atoms with E-state index in [1.807, 2.05) is 0 Å². The molecule has 1 aliphatic rings. The van der Waals surface area contributed by atoms with Crippen molar-refractivity contribution in [3.8, 4) is 28.1 Å². The van der Waals surface area contributed by atoms with E-state index in [9.17, 15) is 18.3 Å². The Balaban J connectivity index is 1.77. The van der Waals surface area contributed by atoms with Crippen LogP contribution < -0.4 is 10.6 Å². The van der Waals surface area contributed by atoms with Gasteiger partial charge in [0.25, 0.3) is 0 Å². The van der Waals surface area contributed by atoms with Crippen LogP contribution in [0, 0.1) is 24.0 Å². The molecule has 0 radical (unpaired) electrons. The maximum atomic E-state index is 14.2. The number of phenols is 1. The Kier molecular flexibility index (Phi) is 5.75. The van der Waals surface area contributed by atoms with Gasteiger partial charge in [-0.15, -0.1) is 0 Å². The third-order valence-electron chi connectivity index (χ3n) is 6.17.